The maximum atomic E-state index is 13.7. The van der Waals surface area contributed by atoms with Gasteiger partial charge in [-0.25, -0.2) is 9.18 Å². The number of amides is 1. The summed E-state index contributed by atoms with van der Waals surface area (Å²) in [6.45, 7) is 3.37. The number of hydrogen-bond acceptors (Lipinski definition) is 2. The van der Waals surface area contributed by atoms with Gasteiger partial charge in [0.25, 0.3) is 5.91 Å². The third-order valence-electron chi connectivity index (χ3n) is 3.19. The van der Waals surface area contributed by atoms with Gasteiger partial charge in [-0.15, -0.1) is 0 Å². The number of hydrogen-bond donors (Lipinski definition) is 2. The highest BCUT2D eigenvalue weighted by Gasteiger charge is 2.16. The lowest BCUT2D eigenvalue weighted by molar-refractivity contribution is 0.0696. The summed E-state index contributed by atoms with van der Waals surface area (Å²) in [4.78, 5) is 23.2. The van der Waals surface area contributed by atoms with Gasteiger partial charge >= 0.3 is 5.97 Å². The molecule has 0 aliphatic rings. The third kappa shape index (κ3) is 3.33. The predicted octanol–water partition coefficient (Wildman–Crippen LogP) is 4.16. The first-order chi connectivity index (χ1) is 10.3. The van der Waals surface area contributed by atoms with Crippen molar-refractivity contribution in [3.63, 3.8) is 0 Å². The molecule has 4 nitrogen and oxygen atoms in total. The topological polar surface area (TPSA) is 66.4 Å². The maximum Gasteiger partial charge on any atom is 0.335 e. The van der Waals surface area contributed by atoms with Gasteiger partial charge in [0.05, 0.1) is 11.1 Å². The second-order valence-corrected chi connectivity index (χ2v) is 5.78. The van der Waals surface area contributed by atoms with Crippen LogP contribution in [-0.4, -0.2) is 17.0 Å². The summed E-state index contributed by atoms with van der Waals surface area (Å²) in [6.07, 6.45) is 0. The van der Waals surface area contributed by atoms with Crippen molar-refractivity contribution in [1.29, 1.82) is 0 Å². The van der Waals surface area contributed by atoms with E-state index in [1.807, 2.05) is 0 Å². The van der Waals surface area contributed by atoms with E-state index in [2.05, 4.69) is 21.2 Å². The van der Waals surface area contributed by atoms with Gasteiger partial charge in [-0.05, 0) is 55.3 Å². The van der Waals surface area contributed by atoms with Crippen molar-refractivity contribution >= 4 is 33.5 Å². The molecule has 2 aromatic rings. The van der Waals surface area contributed by atoms with Crippen LogP contribution in [-0.2, 0) is 0 Å². The first-order valence-corrected chi connectivity index (χ1v) is 7.20. The van der Waals surface area contributed by atoms with E-state index in [0.717, 1.165) is 0 Å². The fourth-order valence-corrected chi connectivity index (χ4v) is 2.50. The van der Waals surface area contributed by atoms with Gasteiger partial charge < -0.3 is 10.4 Å². The molecule has 2 rings (SSSR count). The number of carbonyl (C=O) groups is 2. The van der Waals surface area contributed by atoms with E-state index < -0.39 is 17.7 Å². The largest absolute Gasteiger partial charge is 0.478 e. The zero-order valence-corrected chi connectivity index (χ0v) is 13.5. The van der Waals surface area contributed by atoms with Gasteiger partial charge in [0.15, 0.2) is 0 Å². The summed E-state index contributed by atoms with van der Waals surface area (Å²) in [5.74, 6) is -2.26. The molecule has 2 N–H and O–H groups in total. The third-order valence-corrected chi connectivity index (χ3v) is 3.68. The van der Waals surface area contributed by atoms with Crippen LogP contribution >= 0.6 is 15.9 Å². The molecule has 0 radical (unpaired) electrons. The molecule has 114 valence electrons. The molecule has 22 heavy (non-hydrogen) atoms. The Bertz CT molecular complexity index is 751. The average Bonchev–Trinajstić information content (AvgIpc) is 2.44. The van der Waals surface area contributed by atoms with Crippen LogP contribution in [0.4, 0.5) is 10.1 Å². The molecular weight excluding hydrogens is 353 g/mol. The molecular formula is C16H13BrFNO3. The molecule has 0 heterocycles. The second kappa shape index (κ2) is 6.27. The monoisotopic (exact) mass is 365 g/mol. The number of benzene rings is 2. The summed E-state index contributed by atoms with van der Waals surface area (Å²) >= 11 is 3.19. The Hall–Kier alpha value is -2.21. The summed E-state index contributed by atoms with van der Waals surface area (Å²) in [5, 5.41) is 11.6. The highest BCUT2D eigenvalue weighted by molar-refractivity contribution is 9.10. The smallest absolute Gasteiger partial charge is 0.335 e. The van der Waals surface area contributed by atoms with E-state index >= 15 is 0 Å². The SMILES string of the molecule is Cc1cc(C(=O)O)cc(C)c1NC(=O)c1cc(Br)ccc1F. The Morgan fingerprint density at radius 2 is 1.73 bits per heavy atom. The maximum absolute atomic E-state index is 13.7. The summed E-state index contributed by atoms with van der Waals surface area (Å²) < 4.78 is 14.3. The molecule has 0 aromatic heterocycles. The molecule has 0 spiro atoms. The molecule has 0 saturated heterocycles. The van der Waals surface area contributed by atoms with Crippen molar-refractivity contribution in [3.8, 4) is 0 Å². The van der Waals surface area contributed by atoms with Gasteiger partial charge in [-0.3, -0.25) is 4.79 Å². The molecule has 0 aliphatic heterocycles. The molecule has 0 aliphatic carbocycles. The van der Waals surface area contributed by atoms with Crippen LogP contribution in [0.2, 0.25) is 0 Å². The molecule has 0 fully saturated rings. The van der Waals surface area contributed by atoms with Crippen molar-refractivity contribution < 1.29 is 19.1 Å². The first-order valence-electron chi connectivity index (χ1n) is 6.40. The number of nitrogens with one attached hydrogen (secondary N) is 1. The van der Waals surface area contributed by atoms with E-state index in [1.165, 1.54) is 30.3 Å². The quantitative estimate of drug-likeness (QED) is 0.858. The Morgan fingerprint density at radius 1 is 1.14 bits per heavy atom. The standard InChI is InChI=1S/C16H13BrFNO3/c1-8-5-10(16(21)22)6-9(2)14(8)19-15(20)12-7-11(17)3-4-13(12)18/h3-7H,1-2H3,(H,19,20)(H,21,22). The van der Waals surface area contributed by atoms with E-state index in [-0.39, 0.29) is 11.1 Å². The van der Waals surface area contributed by atoms with E-state index in [0.29, 0.717) is 21.3 Å². The predicted molar refractivity (Wildman–Crippen MR) is 84.9 cm³/mol. The van der Waals surface area contributed by atoms with Gasteiger partial charge in [0.1, 0.15) is 5.82 Å². The Morgan fingerprint density at radius 3 is 2.27 bits per heavy atom. The number of rotatable bonds is 3. The molecule has 0 unspecified atom stereocenters. The van der Waals surface area contributed by atoms with Crippen LogP contribution in [0.15, 0.2) is 34.8 Å². The first kappa shape index (κ1) is 16.2. The van der Waals surface area contributed by atoms with E-state index in [9.17, 15) is 14.0 Å². The fourth-order valence-electron chi connectivity index (χ4n) is 2.14. The highest BCUT2D eigenvalue weighted by atomic mass is 79.9. The van der Waals surface area contributed by atoms with Crippen molar-refractivity contribution in [2.24, 2.45) is 0 Å². The number of carboxylic acid groups (broad SMARTS) is 1. The van der Waals surface area contributed by atoms with Crippen molar-refractivity contribution in [2.75, 3.05) is 5.32 Å². The molecule has 0 saturated carbocycles. The minimum absolute atomic E-state index is 0.0875. The van der Waals surface area contributed by atoms with Crippen LogP contribution in [0.5, 0.6) is 0 Å². The van der Waals surface area contributed by atoms with Crippen LogP contribution in [0.1, 0.15) is 31.8 Å². The Labute approximate surface area is 135 Å². The summed E-state index contributed by atoms with van der Waals surface area (Å²) in [6, 6.07) is 7.02. The van der Waals surface area contributed by atoms with Crippen molar-refractivity contribution in [1.82, 2.24) is 0 Å². The highest BCUT2D eigenvalue weighted by Crippen LogP contribution is 2.24. The van der Waals surface area contributed by atoms with Crippen LogP contribution in [0.25, 0.3) is 0 Å². The fraction of sp³-hybridized carbons (Fsp3) is 0.125. The average molecular weight is 366 g/mol. The van der Waals surface area contributed by atoms with Crippen molar-refractivity contribution in [3.05, 3.63) is 62.9 Å². The number of carboxylic acids is 1. The molecule has 1 amide bonds. The lowest BCUT2D eigenvalue weighted by Gasteiger charge is -2.13. The molecule has 2 aromatic carbocycles. The van der Waals surface area contributed by atoms with Gasteiger partial charge in [0, 0.05) is 10.2 Å². The molecule has 0 bridgehead atoms. The number of aryl methyl sites for hydroxylation is 2. The van der Waals surface area contributed by atoms with E-state index in [4.69, 9.17) is 5.11 Å². The summed E-state index contributed by atoms with van der Waals surface area (Å²) in [7, 11) is 0. The van der Waals surface area contributed by atoms with E-state index in [1.54, 1.807) is 13.8 Å². The van der Waals surface area contributed by atoms with Crippen LogP contribution in [0.3, 0.4) is 0 Å². The van der Waals surface area contributed by atoms with Gasteiger partial charge in [-0.2, -0.15) is 0 Å². The minimum Gasteiger partial charge on any atom is -0.478 e. The second-order valence-electron chi connectivity index (χ2n) is 4.87. The van der Waals surface area contributed by atoms with Gasteiger partial charge in [-0.1, -0.05) is 15.9 Å². The molecule has 6 heteroatoms. The normalized spacial score (nSPS) is 10.4. The number of halogens is 2. The lowest BCUT2D eigenvalue weighted by Crippen LogP contribution is -2.16. The van der Waals surface area contributed by atoms with Crippen LogP contribution < -0.4 is 5.32 Å². The minimum atomic E-state index is -1.04. The number of anilines is 1. The number of aromatic carboxylic acids is 1. The Kier molecular flexibility index (Phi) is 4.61. The summed E-state index contributed by atoms with van der Waals surface area (Å²) in [5.41, 5.74) is 1.73. The number of carbonyl (C=O) groups excluding carboxylic acids is 1. The zero-order valence-electron chi connectivity index (χ0n) is 11.9. The molecule has 0 atom stereocenters. The Balaban J connectivity index is 2.36. The lowest BCUT2D eigenvalue weighted by atomic mass is 10.0. The zero-order chi connectivity index (χ0) is 16.4. The van der Waals surface area contributed by atoms with Crippen LogP contribution in [0, 0.1) is 19.7 Å². The van der Waals surface area contributed by atoms with Gasteiger partial charge in [0.2, 0.25) is 0 Å². The van der Waals surface area contributed by atoms with Crippen molar-refractivity contribution in [2.45, 2.75) is 13.8 Å².